The maximum absolute atomic E-state index is 3.81. The molecule has 6 aromatic heterocycles. The predicted octanol–water partition coefficient (Wildman–Crippen LogP) is 19.0. The molecule has 14 rings (SSSR count). The first kappa shape index (κ1) is 50.7. The summed E-state index contributed by atoms with van der Waals surface area (Å²) in [7, 11) is -2.17. The highest BCUT2D eigenvalue weighted by molar-refractivity contribution is 7.81. The summed E-state index contributed by atoms with van der Waals surface area (Å²) in [4.78, 5) is 9.93. The Morgan fingerprint density at radius 3 is 0.925 bits per heavy atom. The van der Waals surface area contributed by atoms with E-state index in [4.69, 9.17) is 0 Å². The summed E-state index contributed by atoms with van der Waals surface area (Å²) in [6.45, 7) is 0. The third-order valence-corrected chi connectivity index (χ3v) is 25.5. The van der Waals surface area contributed by atoms with Gasteiger partial charge in [-0.1, -0.05) is 218 Å². The summed E-state index contributed by atoms with van der Waals surface area (Å²) in [5.41, 5.74) is 6.59. The molecule has 0 aliphatic heterocycles. The van der Waals surface area contributed by atoms with Crippen molar-refractivity contribution in [2.24, 2.45) is 0 Å². The summed E-state index contributed by atoms with van der Waals surface area (Å²) in [5, 5.41) is 21.0. The van der Waals surface area contributed by atoms with Crippen LogP contribution < -0.4 is 31.8 Å². The van der Waals surface area contributed by atoms with Gasteiger partial charge in [-0.15, -0.1) is 68.0 Å². The molecule has 6 heterocycles. The molecular weight excluding hydrogens is 1120 g/mol. The molecule has 0 aliphatic carbocycles. The van der Waals surface area contributed by atoms with Gasteiger partial charge in [-0.3, -0.25) is 0 Å². The Morgan fingerprint density at radius 1 is 0.250 bits per heavy atom. The second-order valence-corrected chi connectivity index (χ2v) is 29.1. The smallest absolute Gasteiger partial charge is 0.0606 e. The number of hydrogen-bond acceptors (Lipinski definition) is 6. The summed E-state index contributed by atoms with van der Waals surface area (Å²) in [6, 6.07) is 89.8. The lowest BCUT2D eigenvalue weighted by Gasteiger charge is -2.28. The normalized spacial score (nSPS) is 11.3. The lowest BCUT2D eigenvalue weighted by Crippen LogP contribution is -2.26. The molecule has 80 heavy (non-hydrogen) atoms. The molecule has 0 spiro atoms. The Kier molecular flexibility index (Phi) is 14.5. The van der Waals surface area contributed by atoms with Crippen LogP contribution in [0.5, 0.6) is 0 Å². The van der Waals surface area contributed by atoms with E-state index in [0.29, 0.717) is 0 Å². The van der Waals surface area contributed by atoms with Gasteiger partial charge in [0.2, 0.25) is 0 Å². The topological polar surface area (TPSA) is 0 Å². The first-order chi connectivity index (χ1) is 39.7. The van der Waals surface area contributed by atoms with Gasteiger partial charge in [0.1, 0.15) is 0 Å². The molecule has 0 amide bonds. The molecule has 0 unspecified atom stereocenters. The Hall–Kier alpha value is -7.54. The number of rotatable bonds is 11. The Bertz CT molecular complexity index is 4200. The second-order valence-electron chi connectivity index (χ2n) is 18.8. The minimum absolute atomic E-state index is 1.00. The predicted molar refractivity (Wildman–Crippen MR) is 358 cm³/mol. The van der Waals surface area contributed by atoms with E-state index in [1.165, 1.54) is 92.7 Å². The summed E-state index contributed by atoms with van der Waals surface area (Å²) < 4.78 is 0. The van der Waals surface area contributed by atoms with Crippen molar-refractivity contribution in [3.8, 4) is 73.8 Å². The largest absolute Gasteiger partial charge is 0.143 e. The van der Waals surface area contributed by atoms with Crippen molar-refractivity contribution in [1.29, 1.82) is 0 Å². The van der Waals surface area contributed by atoms with Gasteiger partial charge in [-0.2, -0.15) is 0 Å². The fourth-order valence-corrected chi connectivity index (χ4v) is 21.0. The minimum Gasteiger partial charge on any atom is -0.143 e. The Balaban J connectivity index is 1.06. The zero-order valence-corrected chi connectivity index (χ0v) is 49.4. The average Bonchev–Trinajstić information content (AvgIpc) is 4.44. The number of thiophene rings is 6. The summed E-state index contributed by atoms with van der Waals surface area (Å²) in [5.74, 6) is 15.1. The standard InChI is InChI=1S/C72H44P2S6/c1-5-21-53(22-6-1)73(54-23-7-2-8-24-54)61-41-39-57-49(35-37-51-47-67(63-31-15-43-75-63)79-71(51)65-33-17-45-77-65)19-13-29-59(57)69(61)70-60-30-14-20-50(36-38-52-48-68(64-32-16-44-76-64)80-72(52)66-34-18-46-78-66)58(60)40-42-62(70)74(55-25-9-3-10-26-55)56-27-11-4-12-28-56/h1-34,39-48H. The molecule has 0 fully saturated rings. The van der Waals surface area contributed by atoms with Gasteiger partial charge in [-0.05, 0) is 150 Å². The lowest BCUT2D eigenvalue weighted by atomic mass is 9.91. The van der Waals surface area contributed by atoms with Crippen LogP contribution in [0, 0.1) is 23.7 Å². The van der Waals surface area contributed by atoms with Crippen molar-refractivity contribution in [3.63, 3.8) is 0 Å². The van der Waals surface area contributed by atoms with Crippen LogP contribution in [0.3, 0.4) is 0 Å². The van der Waals surface area contributed by atoms with Crippen molar-refractivity contribution in [3.05, 3.63) is 286 Å². The van der Waals surface area contributed by atoms with Gasteiger partial charge in [-0.25, -0.2) is 0 Å². The van der Waals surface area contributed by atoms with Crippen molar-refractivity contribution < 1.29 is 0 Å². The Morgan fingerprint density at radius 2 is 0.588 bits per heavy atom. The summed E-state index contributed by atoms with van der Waals surface area (Å²) in [6.07, 6.45) is 0. The highest BCUT2D eigenvalue weighted by Gasteiger charge is 2.29. The van der Waals surface area contributed by atoms with E-state index in [1.807, 2.05) is 22.7 Å². The fraction of sp³-hybridized carbons (Fsp3) is 0. The van der Waals surface area contributed by atoms with Crippen LogP contribution in [0.4, 0.5) is 0 Å². The molecule has 0 aliphatic rings. The number of benzene rings is 8. The van der Waals surface area contributed by atoms with Gasteiger partial charge in [0.25, 0.3) is 0 Å². The van der Waals surface area contributed by atoms with Crippen LogP contribution in [0.1, 0.15) is 22.3 Å². The molecule has 378 valence electrons. The molecule has 0 atom stereocenters. The molecule has 8 aromatic carbocycles. The molecule has 0 saturated heterocycles. The van der Waals surface area contributed by atoms with Crippen LogP contribution in [0.15, 0.2) is 264 Å². The highest BCUT2D eigenvalue weighted by atomic mass is 32.1. The molecule has 0 radical (unpaired) electrons. The average molecular weight is 1160 g/mol. The van der Waals surface area contributed by atoms with E-state index < -0.39 is 15.8 Å². The first-order valence-electron chi connectivity index (χ1n) is 26.1. The zero-order valence-electron chi connectivity index (χ0n) is 42.7. The third kappa shape index (κ3) is 9.99. The van der Waals surface area contributed by atoms with E-state index in [2.05, 4.69) is 288 Å². The SMILES string of the molecule is C(#Cc1cccc2c(-c3c(P(c4ccccc4)c4ccccc4)ccc4c(C#Cc5cc(-c6cccs6)sc5-c5cccs5)cccc34)c(P(c3ccccc3)c3ccccc3)ccc12)c1cc(-c2cccs2)sc1-c1cccs1. The van der Waals surface area contributed by atoms with Gasteiger partial charge in [0.05, 0.1) is 9.75 Å². The molecule has 8 heteroatoms. The van der Waals surface area contributed by atoms with Gasteiger partial charge in [0, 0.05) is 51.5 Å². The van der Waals surface area contributed by atoms with Crippen LogP contribution in [0.25, 0.3) is 71.7 Å². The summed E-state index contributed by atoms with van der Waals surface area (Å²) >= 11 is 10.8. The van der Waals surface area contributed by atoms with Crippen molar-refractivity contribution in [1.82, 2.24) is 0 Å². The van der Waals surface area contributed by atoms with Crippen molar-refractivity contribution in [2.45, 2.75) is 0 Å². The van der Waals surface area contributed by atoms with E-state index in [0.717, 1.165) is 33.0 Å². The molecule has 14 aromatic rings. The maximum Gasteiger partial charge on any atom is 0.0606 e. The van der Waals surface area contributed by atoms with Gasteiger partial charge in [0.15, 0.2) is 0 Å². The van der Waals surface area contributed by atoms with Crippen LogP contribution in [-0.2, 0) is 0 Å². The molecule has 0 bridgehead atoms. The number of fused-ring (bicyclic) bond motifs is 2. The second kappa shape index (κ2) is 22.9. The van der Waals surface area contributed by atoms with Gasteiger partial charge < -0.3 is 0 Å². The maximum atomic E-state index is 3.81. The van der Waals surface area contributed by atoms with Gasteiger partial charge >= 0.3 is 0 Å². The van der Waals surface area contributed by atoms with E-state index in [1.54, 1.807) is 45.3 Å². The van der Waals surface area contributed by atoms with Crippen LogP contribution in [0.2, 0.25) is 0 Å². The zero-order chi connectivity index (χ0) is 53.2. The molecular formula is C72H44P2S6. The quantitative estimate of drug-likeness (QED) is 0.0894. The monoisotopic (exact) mass is 1160 g/mol. The molecule has 0 nitrogen and oxygen atoms in total. The van der Waals surface area contributed by atoms with Crippen LogP contribution >= 0.6 is 83.9 Å². The van der Waals surface area contributed by atoms with E-state index in [-0.39, 0.29) is 0 Å². The molecule has 0 saturated carbocycles. The van der Waals surface area contributed by atoms with Crippen molar-refractivity contribution >= 4 is 137 Å². The van der Waals surface area contributed by atoms with E-state index in [9.17, 15) is 0 Å². The lowest BCUT2D eigenvalue weighted by molar-refractivity contribution is 1.68. The van der Waals surface area contributed by atoms with Crippen molar-refractivity contribution in [2.75, 3.05) is 0 Å². The highest BCUT2D eigenvalue weighted by Crippen LogP contribution is 2.48. The third-order valence-electron chi connectivity index (χ3n) is 14.0. The molecule has 0 N–H and O–H groups in total. The fourth-order valence-electron chi connectivity index (χ4n) is 10.5. The first-order valence-corrected chi connectivity index (χ1v) is 33.9. The number of hydrogen-bond donors (Lipinski definition) is 0. The van der Waals surface area contributed by atoms with E-state index >= 15 is 0 Å². The minimum atomic E-state index is -1.08. The Labute approximate surface area is 493 Å². The van der Waals surface area contributed by atoms with Crippen LogP contribution in [-0.4, -0.2) is 0 Å².